The largest absolute Gasteiger partial charge is 0.480 e. The molecule has 1 aromatic rings. The lowest BCUT2D eigenvalue weighted by Crippen LogP contribution is -2.60. The molecular weight excluding hydrogens is 376 g/mol. The van der Waals surface area contributed by atoms with E-state index in [1.807, 2.05) is 0 Å². The summed E-state index contributed by atoms with van der Waals surface area (Å²) in [5.74, 6) is -4.52. The lowest BCUT2D eigenvalue weighted by Gasteiger charge is -2.32. The highest BCUT2D eigenvalue weighted by Crippen LogP contribution is 2.67. The normalized spacial score (nSPS) is 36.0. The van der Waals surface area contributed by atoms with Crippen LogP contribution in [0.5, 0.6) is 0 Å². The topological polar surface area (TPSA) is 98.9 Å². The summed E-state index contributed by atoms with van der Waals surface area (Å²) in [5, 5.41) is 10.3. The molecule has 1 aromatic carbocycles. The maximum atomic E-state index is 14.8. The fourth-order valence-electron chi connectivity index (χ4n) is 3.78. The Balaban J connectivity index is 1.76. The van der Waals surface area contributed by atoms with Crippen LogP contribution in [0.2, 0.25) is 10.0 Å². The predicted octanol–water partition coefficient (Wildman–Crippen LogP) is 2.19. The van der Waals surface area contributed by atoms with Gasteiger partial charge in [-0.2, -0.15) is 0 Å². The van der Waals surface area contributed by atoms with Gasteiger partial charge in [0.15, 0.2) is 0 Å². The first-order chi connectivity index (χ1) is 11.7. The SMILES string of the molecule is COC(=O)[C@@]1(F)C2C[C@@H](OCc3ccc(Cl)c(Cl)c3)[C@@](N)(C(=O)O)C21. The van der Waals surface area contributed by atoms with Crippen molar-refractivity contribution >= 4 is 35.1 Å². The molecule has 0 heterocycles. The number of fused-ring (bicyclic) bond motifs is 1. The van der Waals surface area contributed by atoms with Gasteiger partial charge in [-0.1, -0.05) is 29.3 Å². The third-order valence-corrected chi connectivity index (χ3v) is 5.84. The number of carbonyl (C=O) groups excluding carboxylic acids is 1. The van der Waals surface area contributed by atoms with Gasteiger partial charge in [0, 0.05) is 11.8 Å². The average molecular weight is 392 g/mol. The number of esters is 1. The Kier molecular flexibility index (Phi) is 4.48. The van der Waals surface area contributed by atoms with Crippen molar-refractivity contribution in [2.75, 3.05) is 7.11 Å². The summed E-state index contributed by atoms with van der Waals surface area (Å²) >= 11 is 11.8. The molecule has 2 aliphatic carbocycles. The van der Waals surface area contributed by atoms with Gasteiger partial charge in [-0.25, -0.2) is 9.18 Å². The van der Waals surface area contributed by atoms with Crippen molar-refractivity contribution in [3.8, 4) is 0 Å². The van der Waals surface area contributed by atoms with E-state index in [0.29, 0.717) is 15.6 Å². The summed E-state index contributed by atoms with van der Waals surface area (Å²) in [5.41, 5.74) is 2.29. The molecule has 2 fully saturated rings. The number of hydrogen-bond donors (Lipinski definition) is 2. The van der Waals surface area contributed by atoms with Crippen LogP contribution in [0, 0.1) is 11.8 Å². The third kappa shape index (κ3) is 2.61. The summed E-state index contributed by atoms with van der Waals surface area (Å²) < 4.78 is 24.9. The van der Waals surface area contributed by atoms with Crippen molar-refractivity contribution in [3.63, 3.8) is 0 Å². The number of benzene rings is 1. The number of ether oxygens (including phenoxy) is 2. The lowest BCUT2D eigenvalue weighted by atomic mass is 9.88. The number of aliphatic carboxylic acids is 1. The minimum atomic E-state index is -2.37. The minimum Gasteiger partial charge on any atom is -0.480 e. The molecule has 2 saturated carbocycles. The van der Waals surface area contributed by atoms with Crippen LogP contribution in [-0.4, -0.2) is 41.5 Å². The molecule has 2 aliphatic rings. The second kappa shape index (κ2) is 6.09. The molecule has 0 radical (unpaired) electrons. The van der Waals surface area contributed by atoms with E-state index in [2.05, 4.69) is 4.74 Å². The second-order valence-corrected chi connectivity index (χ2v) is 7.18. The first kappa shape index (κ1) is 18.4. The number of rotatable bonds is 5. The molecule has 2 unspecified atom stereocenters. The lowest BCUT2D eigenvalue weighted by molar-refractivity contribution is -0.158. The number of methoxy groups -OCH3 is 1. The van der Waals surface area contributed by atoms with E-state index in [4.69, 9.17) is 33.7 Å². The van der Waals surface area contributed by atoms with Gasteiger partial charge in [0.05, 0.1) is 29.9 Å². The van der Waals surface area contributed by atoms with Gasteiger partial charge in [-0.15, -0.1) is 0 Å². The van der Waals surface area contributed by atoms with Crippen LogP contribution in [0.15, 0.2) is 18.2 Å². The van der Waals surface area contributed by atoms with Crippen molar-refractivity contribution in [2.24, 2.45) is 17.6 Å². The highest BCUT2D eigenvalue weighted by molar-refractivity contribution is 6.42. The van der Waals surface area contributed by atoms with E-state index >= 15 is 0 Å². The van der Waals surface area contributed by atoms with Crippen LogP contribution in [0.25, 0.3) is 0 Å². The number of hydrogen-bond acceptors (Lipinski definition) is 5. The molecule has 0 saturated heterocycles. The highest BCUT2D eigenvalue weighted by Gasteiger charge is 2.85. The van der Waals surface area contributed by atoms with Crippen molar-refractivity contribution in [2.45, 2.75) is 30.3 Å². The summed E-state index contributed by atoms with van der Waals surface area (Å²) in [6, 6.07) is 4.86. The first-order valence-electron chi connectivity index (χ1n) is 7.52. The van der Waals surface area contributed by atoms with Gasteiger partial charge in [-0.3, -0.25) is 4.79 Å². The Morgan fingerprint density at radius 1 is 1.40 bits per heavy atom. The Morgan fingerprint density at radius 2 is 2.08 bits per heavy atom. The fourth-order valence-corrected chi connectivity index (χ4v) is 4.10. The van der Waals surface area contributed by atoms with Gasteiger partial charge in [0.2, 0.25) is 5.67 Å². The number of carbonyl (C=O) groups is 2. The van der Waals surface area contributed by atoms with Crippen molar-refractivity contribution in [1.82, 2.24) is 0 Å². The number of halogens is 3. The van der Waals surface area contributed by atoms with E-state index in [0.717, 1.165) is 7.11 Å². The molecule has 3 rings (SSSR count). The molecule has 0 amide bonds. The molecule has 25 heavy (non-hydrogen) atoms. The van der Waals surface area contributed by atoms with Crippen LogP contribution < -0.4 is 5.73 Å². The van der Waals surface area contributed by atoms with E-state index in [-0.39, 0.29) is 13.0 Å². The monoisotopic (exact) mass is 391 g/mol. The number of alkyl halides is 1. The van der Waals surface area contributed by atoms with Crippen molar-refractivity contribution < 1.29 is 28.6 Å². The standard InChI is InChI=1S/C16H16Cl2FNO5/c1-24-14(23)15(19)8-5-11(16(20,12(8)15)13(21)22)25-6-7-2-3-9(17)10(18)4-7/h2-4,8,11-12H,5-6,20H2,1H3,(H,21,22)/t8?,11-,12?,15-,16+/m1/s1. The molecule has 0 aromatic heterocycles. The zero-order valence-corrected chi connectivity index (χ0v) is 14.7. The van der Waals surface area contributed by atoms with Gasteiger partial charge in [0.1, 0.15) is 5.54 Å². The van der Waals surface area contributed by atoms with Gasteiger partial charge in [-0.05, 0) is 24.1 Å². The number of carboxylic acids is 1. The van der Waals surface area contributed by atoms with E-state index in [9.17, 15) is 19.1 Å². The van der Waals surface area contributed by atoms with Crippen molar-refractivity contribution in [3.05, 3.63) is 33.8 Å². The first-order valence-corrected chi connectivity index (χ1v) is 8.28. The Labute approximate surface area is 153 Å². The molecule has 9 heteroatoms. The molecule has 5 atom stereocenters. The fraction of sp³-hybridized carbons (Fsp3) is 0.500. The third-order valence-electron chi connectivity index (χ3n) is 5.10. The predicted molar refractivity (Wildman–Crippen MR) is 87.0 cm³/mol. The van der Waals surface area contributed by atoms with Gasteiger partial charge >= 0.3 is 11.9 Å². The van der Waals surface area contributed by atoms with Crippen molar-refractivity contribution in [1.29, 1.82) is 0 Å². The Bertz CT molecular complexity index is 747. The summed E-state index contributed by atoms with van der Waals surface area (Å²) in [7, 11) is 1.05. The molecule has 136 valence electrons. The van der Waals surface area contributed by atoms with Crippen LogP contribution in [0.3, 0.4) is 0 Å². The molecule has 0 aliphatic heterocycles. The zero-order valence-electron chi connectivity index (χ0n) is 13.2. The Hall–Kier alpha value is -1.41. The summed E-state index contributed by atoms with van der Waals surface area (Å²) in [4.78, 5) is 23.4. The second-order valence-electron chi connectivity index (χ2n) is 6.37. The van der Waals surface area contributed by atoms with Gasteiger partial charge < -0.3 is 20.3 Å². The average Bonchev–Trinajstić information content (AvgIpc) is 3.04. The Morgan fingerprint density at radius 3 is 2.64 bits per heavy atom. The maximum absolute atomic E-state index is 14.8. The molecule has 3 N–H and O–H groups in total. The van der Waals surface area contributed by atoms with Gasteiger partial charge in [0.25, 0.3) is 0 Å². The van der Waals surface area contributed by atoms with E-state index < -0.39 is 41.1 Å². The van der Waals surface area contributed by atoms with E-state index in [1.165, 1.54) is 0 Å². The number of carboxylic acid groups (broad SMARTS) is 1. The highest BCUT2D eigenvalue weighted by atomic mass is 35.5. The summed E-state index contributed by atoms with van der Waals surface area (Å²) in [6.07, 6.45) is -0.927. The molecule has 6 nitrogen and oxygen atoms in total. The smallest absolute Gasteiger partial charge is 0.344 e. The van der Waals surface area contributed by atoms with Crippen LogP contribution in [-0.2, 0) is 25.7 Å². The molecule has 0 spiro atoms. The zero-order chi connectivity index (χ0) is 18.6. The summed E-state index contributed by atoms with van der Waals surface area (Å²) in [6.45, 7) is 0.0325. The molecule has 0 bridgehead atoms. The van der Waals surface area contributed by atoms with Crippen LogP contribution in [0.1, 0.15) is 12.0 Å². The van der Waals surface area contributed by atoms with Crippen LogP contribution in [0.4, 0.5) is 4.39 Å². The number of nitrogens with two attached hydrogens (primary N) is 1. The van der Waals surface area contributed by atoms with Crippen LogP contribution >= 0.6 is 23.2 Å². The molecular formula is C16H16Cl2FNO5. The maximum Gasteiger partial charge on any atom is 0.344 e. The quantitative estimate of drug-likeness (QED) is 0.746. The van der Waals surface area contributed by atoms with E-state index in [1.54, 1.807) is 18.2 Å². The minimum absolute atomic E-state index is 0.0143.